The number of hydrazone groups is 1. The van der Waals surface area contributed by atoms with Gasteiger partial charge in [0.2, 0.25) is 0 Å². The summed E-state index contributed by atoms with van der Waals surface area (Å²) in [4.78, 5) is 8.22. The number of aromatic nitrogens is 4. The Morgan fingerprint density at radius 2 is 2.18 bits per heavy atom. The monoisotopic (exact) mass is 296 g/mol. The van der Waals surface area contributed by atoms with E-state index in [1.54, 1.807) is 29.1 Å². The summed E-state index contributed by atoms with van der Waals surface area (Å²) in [6.45, 7) is 1.95. The van der Waals surface area contributed by atoms with Gasteiger partial charge in [0, 0.05) is 12.3 Å². The molecule has 0 saturated carbocycles. The molecule has 0 spiro atoms. The lowest BCUT2D eigenvalue weighted by molar-refractivity contribution is 0.627. The fourth-order valence-corrected chi connectivity index (χ4v) is 1.83. The van der Waals surface area contributed by atoms with E-state index in [2.05, 4.69) is 25.6 Å². The predicted octanol–water partition coefficient (Wildman–Crippen LogP) is 2.56. The SMILES string of the molecule is Cc1cnn(-c2cc(N/N=C\c3cccc(F)c3)ncn2)c1. The zero-order valence-electron chi connectivity index (χ0n) is 11.8. The van der Waals surface area contributed by atoms with Crippen LogP contribution in [0.5, 0.6) is 0 Å². The molecule has 0 unspecified atom stereocenters. The number of nitrogens with one attached hydrogen (secondary N) is 1. The maximum atomic E-state index is 13.0. The van der Waals surface area contributed by atoms with E-state index in [1.807, 2.05) is 13.1 Å². The number of nitrogens with zero attached hydrogens (tertiary/aromatic N) is 5. The summed E-state index contributed by atoms with van der Waals surface area (Å²) in [7, 11) is 0. The Hall–Kier alpha value is -3.09. The minimum atomic E-state index is -0.303. The number of halogens is 1. The summed E-state index contributed by atoms with van der Waals surface area (Å²) in [5.74, 6) is 0.847. The van der Waals surface area contributed by atoms with Crippen LogP contribution < -0.4 is 5.43 Å². The molecule has 22 heavy (non-hydrogen) atoms. The van der Waals surface area contributed by atoms with E-state index < -0.39 is 0 Å². The summed E-state index contributed by atoms with van der Waals surface area (Å²) in [5.41, 5.74) is 4.48. The van der Waals surface area contributed by atoms with Crippen molar-refractivity contribution in [3.63, 3.8) is 0 Å². The molecule has 6 nitrogen and oxygen atoms in total. The normalized spacial score (nSPS) is 11.0. The van der Waals surface area contributed by atoms with E-state index in [0.717, 1.165) is 5.56 Å². The van der Waals surface area contributed by atoms with Gasteiger partial charge in [-0.2, -0.15) is 10.2 Å². The van der Waals surface area contributed by atoms with Gasteiger partial charge >= 0.3 is 0 Å². The second-order valence-electron chi connectivity index (χ2n) is 4.65. The summed E-state index contributed by atoms with van der Waals surface area (Å²) in [5, 5.41) is 8.21. The van der Waals surface area contributed by atoms with E-state index in [9.17, 15) is 4.39 Å². The van der Waals surface area contributed by atoms with Crippen LogP contribution in [0.3, 0.4) is 0 Å². The fraction of sp³-hybridized carbons (Fsp3) is 0.0667. The van der Waals surface area contributed by atoms with Crippen LogP contribution in [0.2, 0.25) is 0 Å². The average molecular weight is 296 g/mol. The van der Waals surface area contributed by atoms with Gasteiger partial charge in [0.15, 0.2) is 11.6 Å². The molecule has 0 amide bonds. The molecular formula is C15H13FN6. The van der Waals surface area contributed by atoms with E-state index in [4.69, 9.17) is 0 Å². The fourth-order valence-electron chi connectivity index (χ4n) is 1.83. The lowest BCUT2D eigenvalue weighted by Gasteiger charge is -2.02. The van der Waals surface area contributed by atoms with Gasteiger partial charge in [-0.05, 0) is 30.2 Å². The highest BCUT2D eigenvalue weighted by Gasteiger charge is 2.01. The van der Waals surface area contributed by atoms with Crippen molar-refractivity contribution < 1.29 is 4.39 Å². The Morgan fingerprint density at radius 3 is 2.95 bits per heavy atom. The molecule has 0 fully saturated rings. The Balaban J connectivity index is 1.73. The quantitative estimate of drug-likeness (QED) is 0.593. The zero-order chi connectivity index (χ0) is 15.4. The van der Waals surface area contributed by atoms with Crippen LogP contribution in [0.1, 0.15) is 11.1 Å². The largest absolute Gasteiger partial charge is 0.261 e. The Bertz CT molecular complexity index is 811. The Labute approximate surface area is 126 Å². The molecule has 7 heteroatoms. The van der Waals surface area contributed by atoms with E-state index in [0.29, 0.717) is 17.2 Å². The maximum Gasteiger partial charge on any atom is 0.158 e. The first kappa shape index (κ1) is 13.9. The van der Waals surface area contributed by atoms with Crippen LogP contribution >= 0.6 is 0 Å². The first-order chi connectivity index (χ1) is 10.7. The molecule has 0 radical (unpaired) electrons. The van der Waals surface area contributed by atoms with Gasteiger partial charge in [0.05, 0.1) is 12.4 Å². The maximum absolute atomic E-state index is 13.0. The van der Waals surface area contributed by atoms with Crippen LogP contribution in [-0.2, 0) is 0 Å². The van der Waals surface area contributed by atoms with E-state index in [-0.39, 0.29) is 5.82 Å². The molecule has 0 bridgehead atoms. The van der Waals surface area contributed by atoms with Crippen molar-refractivity contribution in [1.82, 2.24) is 19.7 Å². The predicted molar refractivity (Wildman–Crippen MR) is 81.5 cm³/mol. The third-order valence-electron chi connectivity index (χ3n) is 2.84. The number of rotatable bonds is 4. The molecule has 0 aliphatic rings. The second kappa shape index (κ2) is 6.13. The van der Waals surface area contributed by atoms with Gasteiger partial charge in [-0.15, -0.1) is 0 Å². The lowest BCUT2D eigenvalue weighted by atomic mass is 10.2. The third kappa shape index (κ3) is 3.32. The molecule has 3 rings (SSSR count). The highest BCUT2D eigenvalue weighted by atomic mass is 19.1. The first-order valence-corrected chi connectivity index (χ1v) is 6.59. The summed E-state index contributed by atoms with van der Waals surface area (Å²) in [6, 6.07) is 7.87. The van der Waals surface area contributed by atoms with Crippen LogP contribution in [-0.4, -0.2) is 26.0 Å². The molecule has 2 heterocycles. The van der Waals surface area contributed by atoms with Gasteiger partial charge in [0.25, 0.3) is 0 Å². The first-order valence-electron chi connectivity index (χ1n) is 6.59. The summed E-state index contributed by atoms with van der Waals surface area (Å²) >= 11 is 0. The molecule has 1 N–H and O–H groups in total. The molecular weight excluding hydrogens is 283 g/mol. The number of hydrogen-bond donors (Lipinski definition) is 1. The van der Waals surface area contributed by atoms with Crippen LogP contribution in [0.15, 0.2) is 54.2 Å². The van der Waals surface area contributed by atoms with Crippen molar-refractivity contribution in [2.24, 2.45) is 5.10 Å². The number of anilines is 1. The Kier molecular flexibility index (Phi) is 3.86. The van der Waals surface area contributed by atoms with E-state index >= 15 is 0 Å². The number of aryl methyl sites for hydroxylation is 1. The average Bonchev–Trinajstić information content (AvgIpc) is 2.94. The number of benzene rings is 1. The lowest BCUT2D eigenvalue weighted by Crippen LogP contribution is -2.01. The van der Waals surface area contributed by atoms with Crippen molar-refractivity contribution in [3.8, 4) is 5.82 Å². The zero-order valence-corrected chi connectivity index (χ0v) is 11.8. The topological polar surface area (TPSA) is 68.0 Å². The van der Waals surface area contributed by atoms with Crippen LogP contribution in [0.4, 0.5) is 10.2 Å². The van der Waals surface area contributed by atoms with E-state index in [1.165, 1.54) is 24.7 Å². The smallest absolute Gasteiger partial charge is 0.158 e. The van der Waals surface area contributed by atoms with Crippen molar-refractivity contribution in [1.29, 1.82) is 0 Å². The molecule has 3 aromatic rings. The third-order valence-corrected chi connectivity index (χ3v) is 2.84. The van der Waals surface area contributed by atoms with Crippen LogP contribution in [0.25, 0.3) is 5.82 Å². The minimum absolute atomic E-state index is 0.303. The molecule has 1 aromatic carbocycles. The highest BCUT2D eigenvalue weighted by molar-refractivity contribution is 5.80. The molecule has 0 aliphatic carbocycles. The Morgan fingerprint density at radius 1 is 1.27 bits per heavy atom. The van der Waals surface area contributed by atoms with Gasteiger partial charge in [0.1, 0.15) is 12.1 Å². The second-order valence-corrected chi connectivity index (χ2v) is 4.65. The van der Waals surface area contributed by atoms with Crippen molar-refractivity contribution in [3.05, 3.63) is 66.0 Å². The van der Waals surface area contributed by atoms with Gasteiger partial charge in [-0.25, -0.2) is 19.0 Å². The summed E-state index contributed by atoms with van der Waals surface area (Å²) < 4.78 is 14.7. The summed E-state index contributed by atoms with van der Waals surface area (Å²) in [6.07, 6.45) is 6.55. The van der Waals surface area contributed by atoms with Gasteiger partial charge < -0.3 is 0 Å². The molecule has 0 atom stereocenters. The van der Waals surface area contributed by atoms with Gasteiger partial charge in [-0.1, -0.05) is 12.1 Å². The van der Waals surface area contributed by atoms with Crippen LogP contribution in [0, 0.1) is 12.7 Å². The molecule has 0 aliphatic heterocycles. The molecule has 2 aromatic heterocycles. The van der Waals surface area contributed by atoms with Gasteiger partial charge in [-0.3, -0.25) is 5.43 Å². The van der Waals surface area contributed by atoms with Crippen molar-refractivity contribution in [2.75, 3.05) is 5.43 Å². The molecule has 0 saturated heterocycles. The van der Waals surface area contributed by atoms with Crippen molar-refractivity contribution in [2.45, 2.75) is 6.92 Å². The highest BCUT2D eigenvalue weighted by Crippen LogP contribution is 2.09. The standard InChI is InChI=1S/C15H13FN6/c1-11-7-20-22(9-11)15-6-14(17-10-18-15)21-19-8-12-3-2-4-13(16)5-12/h2-10H,1H3,(H,17,18,21)/b19-8-. The molecule has 110 valence electrons. The number of hydrogen-bond acceptors (Lipinski definition) is 5. The van der Waals surface area contributed by atoms with Crippen molar-refractivity contribution >= 4 is 12.0 Å². The minimum Gasteiger partial charge on any atom is -0.261 e.